The third kappa shape index (κ3) is 2.97. The summed E-state index contributed by atoms with van der Waals surface area (Å²) in [6, 6.07) is 15.3. The maximum atomic E-state index is 13.3. The summed E-state index contributed by atoms with van der Waals surface area (Å²) in [6.45, 7) is 2.74. The normalized spacial score (nSPS) is 20.0. The van der Waals surface area contributed by atoms with Crippen molar-refractivity contribution in [2.75, 3.05) is 6.61 Å². The minimum atomic E-state index is -0.929. The van der Waals surface area contributed by atoms with E-state index in [1.165, 1.54) is 16.2 Å². The van der Waals surface area contributed by atoms with Gasteiger partial charge in [0.05, 0.1) is 18.8 Å². The Balaban J connectivity index is 1.36. The molecule has 0 radical (unpaired) electrons. The third-order valence-corrected chi connectivity index (χ3v) is 6.65. The molecule has 30 heavy (non-hydrogen) atoms. The fraction of sp³-hybridized carbons (Fsp3) is 0.261. The highest BCUT2D eigenvalue weighted by Crippen LogP contribution is 2.41. The Labute approximate surface area is 178 Å². The summed E-state index contributed by atoms with van der Waals surface area (Å²) in [5, 5.41) is 5.71. The molecule has 0 saturated carbocycles. The van der Waals surface area contributed by atoms with Gasteiger partial charge >= 0.3 is 6.03 Å². The Morgan fingerprint density at radius 1 is 1.17 bits per heavy atom. The largest absolute Gasteiger partial charge is 0.494 e. The van der Waals surface area contributed by atoms with Crippen molar-refractivity contribution in [3.63, 3.8) is 0 Å². The third-order valence-electron chi connectivity index (χ3n) is 5.71. The smallest absolute Gasteiger partial charge is 0.325 e. The lowest BCUT2D eigenvalue weighted by atomic mass is 9.92. The second-order valence-electron chi connectivity index (χ2n) is 7.49. The lowest BCUT2D eigenvalue weighted by molar-refractivity contribution is -0.132. The van der Waals surface area contributed by atoms with E-state index in [1.807, 2.05) is 60.8 Å². The number of ether oxygens (including phenoxy) is 1. The van der Waals surface area contributed by atoms with Gasteiger partial charge < -0.3 is 10.1 Å². The molecule has 1 aliphatic heterocycles. The summed E-state index contributed by atoms with van der Waals surface area (Å²) < 4.78 is 5.48. The molecule has 2 aliphatic rings. The van der Waals surface area contributed by atoms with Crippen LogP contribution in [0.25, 0.3) is 10.6 Å². The molecule has 1 N–H and O–H groups in total. The van der Waals surface area contributed by atoms with Crippen molar-refractivity contribution in [3.05, 3.63) is 70.7 Å². The molecular weight excluding hydrogens is 398 g/mol. The molecule has 5 rings (SSSR count). The average molecular weight is 420 g/mol. The van der Waals surface area contributed by atoms with Crippen LogP contribution in [0.15, 0.2) is 53.9 Å². The number of hydrogen-bond donors (Lipinski definition) is 1. The van der Waals surface area contributed by atoms with Crippen LogP contribution in [0.3, 0.4) is 0 Å². The number of carbonyl (C=O) groups excluding carboxylic acids is 2. The molecule has 7 heteroatoms. The monoisotopic (exact) mass is 419 g/mol. The number of imide groups is 1. The highest BCUT2D eigenvalue weighted by molar-refractivity contribution is 7.13. The first-order valence-electron chi connectivity index (χ1n) is 10.0. The molecule has 6 nitrogen and oxygen atoms in total. The number of thiazole rings is 1. The first-order valence-corrected chi connectivity index (χ1v) is 10.9. The molecule has 0 unspecified atom stereocenters. The van der Waals surface area contributed by atoms with E-state index < -0.39 is 5.54 Å². The van der Waals surface area contributed by atoms with Gasteiger partial charge in [-0.15, -0.1) is 11.3 Å². The maximum absolute atomic E-state index is 13.3. The highest BCUT2D eigenvalue weighted by Gasteiger charge is 2.55. The van der Waals surface area contributed by atoms with Crippen LogP contribution in [0.1, 0.15) is 30.2 Å². The van der Waals surface area contributed by atoms with Gasteiger partial charge in [-0.2, -0.15) is 0 Å². The zero-order valence-electron chi connectivity index (χ0n) is 16.6. The summed E-state index contributed by atoms with van der Waals surface area (Å²) in [6.07, 6.45) is 1.39. The van der Waals surface area contributed by atoms with Gasteiger partial charge in [-0.1, -0.05) is 24.3 Å². The number of carbonyl (C=O) groups is 2. The number of hydrogen-bond acceptors (Lipinski definition) is 5. The molecule has 1 saturated heterocycles. The predicted octanol–water partition coefficient (Wildman–Crippen LogP) is 4.10. The van der Waals surface area contributed by atoms with E-state index in [9.17, 15) is 9.59 Å². The predicted molar refractivity (Wildman–Crippen MR) is 114 cm³/mol. The Hall–Kier alpha value is -3.19. The molecule has 152 valence electrons. The summed E-state index contributed by atoms with van der Waals surface area (Å²) >= 11 is 1.50. The van der Waals surface area contributed by atoms with Gasteiger partial charge in [-0.3, -0.25) is 9.69 Å². The Kier molecular flexibility index (Phi) is 4.55. The van der Waals surface area contributed by atoms with Crippen molar-refractivity contribution in [1.29, 1.82) is 0 Å². The van der Waals surface area contributed by atoms with Gasteiger partial charge in [0.2, 0.25) is 0 Å². The minimum absolute atomic E-state index is 0.169. The summed E-state index contributed by atoms with van der Waals surface area (Å²) in [4.78, 5) is 31.9. The van der Waals surface area contributed by atoms with Crippen LogP contribution < -0.4 is 10.1 Å². The number of aryl methyl sites for hydroxylation is 1. The molecule has 1 atom stereocenters. The average Bonchev–Trinajstić information content (AvgIpc) is 3.44. The lowest BCUT2D eigenvalue weighted by Gasteiger charge is -2.22. The summed E-state index contributed by atoms with van der Waals surface area (Å²) in [5.41, 5.74) is 2.80. The van der Waals surface area contributed by atoms with E-state index in [-0.39, 0.29) is 18.5 Å². The van der Waals surface area contributed by atoms with Crippen molar-refractivity contribution in [3.8, 4) is 16.3 Å². The molecule has 1 fully saturated rings. The summed E-state index contributed by atoms with van der Waals surface area (Å²) in [5.74, 6) is 0.632. The molecule has 1 aliphatic carbocycles. The summed E-state index contributed by atoms with van der Waals surface area (Å²) in [7, 11) is 0. The number of nitrogens with one attached hydrogen (secondary N) is 1. The molecular formula is C23H21N3O3S. The number of fused-ring (bicyclic) bond motifs is 2. The molecule has 1 spiro atoms. The highest BCUT2D eigenvalue weighted by atomic mass is 32.1. The number of amides is 3. The van der Waals surface area contributed by atoms with Crippen molar-refractivity contribution >= 4 is 23.3 Å². The Morgan fingerprint density at radius 3 is 2.77 bits per heavy atom. The molecule has 2 aromatic carbocycles. The Bertz CT molecular complexity index is 1120. The van der Waals surface area contributed by atoms with Gasteiger partial charge in [-0.05, 0) is 55.2 Å². The zero-order chi connectivity index (χ0) is 20.7. The standard InChI is InChI=1S/C23H21N3O3S/c1-2-29-18-9-7-16(8-10-18)20-24-17(14-30-20)13-26-21(27)23(25-22(26)28)12-11-15-5-3-4-6-19(15)23/h3-10,14H,2,11-13H2,1H3,(H,25,28)/t23-/m1/s1. The van der Waals surface area contributed by atoms with Crippen LogP contribution in [-0.2, 0) is 23.3 Å². The van der Waals surface area contributed by atoms with E-state index in [1.54, 1.807) is 0 Å². The maximum Gasteiger partial charge on any atom is 0.325 e. The van der Waals surface area contributed by atoms with Crippen molar-refractivity contribution in [2.45, 2.75) is 31.8 Å². The van der Waals surface area contributed by atoms with Gasteiger partial charge in [-0.25, -0.2) is 9.78 Å². The lowest BCUT2D eigenvalue weighted by Crippen LogP contribution is -2.41. The van der Waals surface area contributed by atoms with Gasteiger partial charge in [0.1, 0.15) is 16.3 Å². The Morgan fingerprint density at radius 2 is 1.97 bits per heavy atom. The number of nitrogens with zero attached hydrogens (tertiary/aromatic N) is 2. The fourth-order valence-corrected chi connectivity index (χ4v) is 5.08. The van der Waals surface area contributed by atoms with Crippen molar-refractivity contribution in [1.82, 2.24) is 15.2 Å². The van der Waals surface area contributed by atoms with E-state index >= 15 is 0 Å². The number of urea groups is 1. The van der Waals surface area contributed by atoms with Crippen LogP contribution in [0.4, 0.5) is 4.79 Å². The topological polar surface area (TPSA) is 71.5 Å². The van der Waals surface area contributed by atoms with Crippen LogP contribution in [-0.4, -0.2) is 28.4 Å². The number of aromatic nitrogens is 1. The fourth-order valence-electron chi connectivity index (χ4n) is 4.27. The number of benzene rings is 2. The molecule has 1 aromatic heterocycles. The van der Waals surface area contributed by atoms with E-state index in [0.29, 0.717) is 18.7 Å². The van der Waals surface area contributed by atoms with Gasteiger partial charge in [0.15, 0.2) is 0 Å². The van der Waals surface area contributed by atoms with Crippen LogP contribution in [0.5, 0.6) is 5.75 Å². The first-order chi connectivity index (χ1) is 14.6. The number of rotatable bonds is 5. The van der Waals surface area contributed by atoms with E-state index in [4.69, 9.17) is 4.74 Å². The second-order valence-corrected chi connectivity index (χ2v) is 8.34. The SMILES string of the molecule is CCOc1ccc(-c2nc(CN3C(=O)N[C@@]4(CCc5ccccc54)C3=O)cs2)cc1. The van der Waals surface area contributed by atoms with Crippen molar-refractivity contribution < 1.29 is 14.3 Å². The van der Waals surface area contributed by atoms with E-state index in [0.717, 1.165) is 33.9 Å². The zero-order valence-corrected chi connectivity index (χ0v) is 17.4. The minimum Gasteiger partial charge on any atom is -0.494 e. The van der Waals surface area contributed by atoms with Crippen molar-refractivity contribution in [2.24, 2.45) is 0 Å². The quantitative estimate of drug-likeness (QED) is 0.632. The second kappa shape index (κ2) is 7.25. The molecule has 3 amide bonds. The van der Waals surface area contributed by atoms with Crippen LogP contribution in [0, 0.1) is 0 Å². The van der Waals surface area contributed by atoms with Crippen LogP contribution >= 0.6 is 11.3 Å². The molecule has 0 bridgehead atoms. The van der Waals surface area contributed by atoms with Gasteiger partial charge in [0, 0.05) is 10.9 Å². The van der Waals surface area contributed by atoms with Gasteiger partial charge in [0.25, 0.3) is 5.91 Å². The molecule has 2 heterocycles. The van der Waals surface area contributed by atoms with E-state index in [2.05, 4.69) is 10.3 Å². The first kappa shape index (κ1) is 18.8. The van der Waals surface area contributed by atoms with Crippen LogP contribution in [0.2, 0.25) is 0 Å². The molecule has 3 aromatic rings.